The fraction of sp³-hybridized carbons (Fsp3) is 0.0714. The van der Waals surface area contributed by atoms with Gasteiger partial charge in [0.05, 0.1) is 21.5 Å². The molecule has 0 aliphatic heterocycles. The summed E-state index contributed by atoms with van der Waals surface area (Å²) in [7, 11) is 0. The zero-order chi connectivity index (χ0) is 17.9. The number of amides is 1. The SMILES string of the molecule is Cc1ccc(Nc2c(C(=O)NO)cc([N+](=O)[O-])cc2[N+](=O)[O-])cc1. The van der Waals surface area contributed by atoms with Crippen molar-refractivity contribution in [1.29, 1.82) is 0 Å². The van der Waals surface area contributed by atoms with Crippen molar-refractivity contribution in [2.75, 3.05) is 5.32 Å². The van der Waals surface area contributed by atoms with Gasteiger partial charge in [0, 0.05) is 11.8 Å². The Balaban J connectivity index is 2.65. The van der Waals surface area contributed by atoms with Crippen molar-refractivity contribution in [3.63, 3.8) is 0 Å². The minimum Gasteiger partial charge on any atom is -0.349 e. The molecule has 0 saturated heterocycles. The number of carbonyl (C=O) groups excluding carboxylic acids is 1. The summed E-state index contributed by atoms with van der Waals surface area (Å²) in [6.07, 6.45) is 0. The first kappa shape index (κ1) is 16.8. The number of hydrogen-bond acceptors (Lipinski definition) is 7. The van der Waals surface area contributed by atoms with Crippen molar-refractivity contribution >= 4 is 28.7 Å². The Bertz CT molecular complexity index is 819. The summed E-state index contributed by atoms with van der Waals surface area (Å²) in [5.74, 6) is -1.11. The smallest absolute Gasteiger partial charge is 0.300 e. The molecular weight excluding hydrogens is 320 g/mol. The van der Waals surface area contributed by atoms with E-state index in [4.69, 9.17) is 5.21 Å². The van der Waals surface area contributed by atoms with E-state index in [1.807, 2.05) is 6.92 Å². The number of nitrogens with zero attached hydrogens (tertiary/aromatic N) is 2. The van der Waals surface area contributed by atoms with Gasteiger partial charge in [-0.05, 0) is 19.1 Å². The van der Waals surface area contributed by atoms with Gasteiger partial charge in [0.25, 0.3) is 17.3 Å². The average Bonchev–Trinajstić information content (AvgIpc) is 2.55. The van der Waals surface area contributed by atoms with E-state index in [1.165, 1.54) is 5.48 Å². The molecule has 10 heteroatoms. The van der Waals surface area contributed by atoms with Crippen LogP contribution in [0, 0.1) is 27.2 Å². The summed E-state index contributed by atoms with van der Waals surface area (Å²) in [5.41, 5.74) is 0.709. The molecule has 124 valence electrons. The van der Waals surface area contributed by atoms with Crippen molar-refractivity contribution in [2.45, 2.75) is 6.92 Å². The number of nitro benzene ring substituents is 2. The molecule has 0 bridgehead atoms. The van der Waals surface area contributed by atoms with Gasteiger partial charge in [0.2, 0.25) is 0 Å². The van der Waals surface area contributed by atoms with Gasteiger partial charge >= 0.3 is 0 Å². The second-order valence-electron chi connectivity index (χ2n) is 4.83. The number of non-ortho nitro benzene ring substituents is 1. The highest BCUT2D eigenvalue weighted by Crippen LogP contribution is 2.35. The Labute approximate surface area is 135 Å². The Hall–Kier alpha value is -3.53. The summed E-state index contributed by atoms with van der Waals surface area (Å²) in [6, 6.07) is 8.32. The van der Waals surface area contributed by atoms with E-state index in [2.05, 4.69) is 5.32 Å². The normalized spacial score (nSPS) is 10.1. The van der Waals surface area contributed by atoms with Crippen molar-refractivity contribution in [3.05, 3.63) is 67.8 Å². The average molecular weight is 332 g/mol. The minimum absolute atomic E-state index is 0.263. The van der Waals surface area contributed by atoms with Crippen molar-refractivity contribution in [2.24, 2.45) is 0 Å². The van der Waals surface area contributed by atoms with Crippen LogP contribution in [0.15, 0.2) is 36.4 Å². The topological polar surface area (TPSA) is 148 Å². The maximum absolute atomic E-state index is 11.8. The first-order chi connectivity index (χ1) is 11.3. The lowest BCUT2D eigenvalue weighted by molar-refractivity contribution is -0.393. The summed E-state index contributed by atoms with van der Waals surface area (Å²) < 4.78 is 0. The largest absolute Gasteiger partial charge is 0.349 e. The van der Waals surface area contributed by atoms with Crippen LogP contribution in [0.4, 0.5) is 22.7 Å². The standard InChI is InChI=1S/C14H12N4O6/c1-8-2-4-9(5-3-8)15-13-11(14(19)16-20)6-10(17(21)22)7-12(13)18(23)24/h2-7,15,20H,1H3,(H,16,19). The highest BCUT2D eigenvalue weighted by molar-refractivity contribution is 6.02. The van der Waals surface area contributed by atoms with Crippen molar-refractivity contribution in [1.82, 2.24) is 5.48 Å². The molecule has 0 spiro atoms. The number of benzene rings is 2. The quantitative estimate of drug-likeness (QED) is 0.433. The van der Waals surface area contributed by atoms with Gasteiger partial charge in [-0.2, -0.15) is 0 Å². The zero-order valence-corrected chi connectivity index (χ0v) is 12.3. The molecule has 2 rings (SSSR count). The van der Waals surface area contributed by atoms with Crippen LogP contribution in [0.1, 0.15) is 15.9 Å². The van der Waals surface area contributed by atoms with Gasteiger partial charge in [-0.15, -0.1) is 0 Å². The first-order valence-electron chi connectivity index (χ1n) is 6.58. The van der Waals surface area contributed by atoms with E-state index in [0.29, 0.717) is 5.69 Å². The van der Waals surface area contributed by atoms with Gasteiger partial charge in [-0.1, -0.05) is 17.7 Å². The molecule has 10 nitrogen and oxygen atoms in total. The first-order valence-corrected chi connectivity index (χ1v) is 6.58. The number of aryl methyl sites for hydroxylation is 1. The van der Waals surface area contributed by atoms with E-state index >= 15 is 0 Å². The molecule has 0 radical (unpaired) electrons. The second-order valence-corrected chi connectivity index (χ2v) is 4.83. The molecule has 0 aromatic heterocycles. The number of hydroxylamine groups is 1. The van der Waals surface area contributed by atoms with Gasteiger partial charge in [-0.25, -0.2) is 5.48 Å². The van der Waals surface area contributed by atoms with Gasteiger partial charge in [-0.3, -0.25) is 30.2 Å². The van der Waals surface area contributed by atoms with Gasteiger partial charge in [0.15, 0.2) is 0 Å². The molecule has 24 heavy (non-hydrogen) atoms. The number of nitrogens with one attached hydrogen (secondary N) is 2. The zero-order valence-electron chi connectivity index (χ0n) is 12.3. The van der Waals surface area contributed by atoms with Crippen LogP contribution in [0.3, 0.4) is 0 Å². The fourth-order valence-corrected chi connectivity index (χ4v) is 2.01. The molecule has 0 aliphatic rings. The number of hydrogen-bond donors (Lipinski definition) is 3. The third-order valence-electron chi connectivity index (χ3n) is 3.18. The molecule has 2 aromatic rings. The number of rotatable bonds is 5. The number of nitro groups is 2. The van der Waals surface area contributed by atoms with E-state index in [1.54, 1.807) is 24.3 Å². The minimum atomic E-state index is -1.11. The maximum atomic E-state index is 11.8. The molecule has 2 aromatic carbocycles. The predicted molar refractivity (Wildman–Crippen MR) is 83.5 cm³/mol. The Morgan fingerprint density at radius 1 is 1.08 bits per heavy atom. The molecule has 0 saturated carbocycles. The van der Waals surface area contributed by atoms with Crippen molar-refractivity contribution in [3.8, 4) is 0 Å². The molecule has 0 atom stereocenters. The van der Waals surface area contributed by atoms with E-state index in [9.17, 15) is 25.0 Å². The molecule has 1 amide bonds. The van der Waals surface area contributed by atoms with Crippen LogP contribution >= 0.6 is 0 Å². The third kappa shape index (κ3) is 3.44. The van der Waals surface area contributed by atoms with E-state index in [-0.39, 0.29) is 5.69 Å². The summed E-state index contributed by atoms with van der Waals surface area (Å²) >= 11 is 0. The molecule has 0 aliphatic carbocycles. The second kappa shape index (κ2) is 6.71. The van der Waals surface area contributed by atoms with E-state index in [0.717, 1.165) is 17.7 Å². The lowest BCUT2D eigenvalue weighted by atomic mass is 10.1. The maximum Gasteiger partial charge on any atom is 0.300 e. The fourth-order valence-electron chi connectivity index (χ4n) is 2.01. The molecule has 0 fully saturated rings. The van der Waals surface area contributed by atoms with Gasteiger partial charge < -0.3 is 5.32 Å². The van der Waals surface area contributed by atoms with Crippen LogP contribution in [-0.4, -0.2) is 21.0 Å². The monoisotopic (exact) mass is 332 g/mol. The van der Waals surface area contributed by atoms with Crippen molar-refractivity contribution < 1.29 is 19.8 Å². The van der Waals surface area contributed by atoms with Crippen LogP contribution in [-0.2, 0) is 0 Å². The van der Waals surface area contributed by atoms with E-state index < -0.39 is 32.7 Å². The van der Waals surface area contributed by atoms with Crippen LogP contribution in [0.5, 0.6) is 0 Å². The van der Waals surface area contributed by atoms with Crippen LogP contribution in [0.25, 0.3) is 0 Å². The lowest BCUT2D eigenvalue weighted by Crippen LogP contribution is -2.20. The Kier molecular flexibility index (Phi) is 4.70. The Morgan fingerprint density at radius 2 is 1.71 bits per heavy atom. The van der Waals surface area contributed by atoms with Crippen LogP contribution in [0.2, 0.25) is 0 Å². The molecular formula is C14H12N4O6. The molecule has 3 N–H and O–H groups in total. The lowest BCUT2D eigenvalue weighted by Gasteiger charge is -2.11. The Morgan fingerprint density at radius 3 is 2.21 bits per heavy atom. The predicted octanol–water partition coefficient (Wildman–Crippen LogP) is 2.67. The molecule has 0 unspecified atom stereocenters. The summed E-state index contributed by atoms with van der Waals surface area (Å²) in [5, 5.41) is 33.7. The highest BCUT2D eigenvalue weighted by Gasteiger charge is 2.27. The third-order valence-corrected chi connectivity index (χ3v) is 3.18. The summed E-state index contributed by atoms with van der Waals surface area (Å²) in [4.78, 5) is 32.2. The van der Waals surface area contributed by atoms with Gasteiger partial charge in [0.1, 0.15) is 5.69 Å². The number of carbonyl (C=O) groups is 1. The molecule has 0 heterocycles. The summed E-state index contributed by atoms with van der Waals surface area (Å²) in [6.45, 7) is 1.85. The highest BCUT2D eigenvalue weighted by atomic mass is 16.6. The van der Waals surface area contributed by atoms with Crippen LogP contribution < -0.4 is 10.8 Å². The number of anilines is 2.